The van der Waals surface area contributed by atoms with Gasteiger partial charge >= 0.3 is 5.97 Å². The van der Waals surface area contributed by atoms with Crippen LogP contribution in [-0.4, -0.2) is 56.2 Å². The molecule has 1 aliphatic heterocycles. The molecule has 2 heterocycles. The first kappa shape index (κ1) is 22.3. The van der Waals surface area contributed by atoms with Gasteiger partial charge in [-0.25, -0.2) is 4.79 Å². The molecular weight excluding hydrogens is 384 g/mol. The second-order valence-electron chi connectivity index (χ2n) is 7.52. The molecule has 164 valence electrons. The fraction of sp³-hybridized carbons (Fsp3) is 0.565. The Morgan fingerprint density at radius 2 is 1.93 bits per heavy atom. The Morgan fingerprint density at radius 3 is 2.67 bits per heavy atom. The molecule has 1 aliphatic rings. The Morgan fingerprint density at radius 1 is 1.17 bits per heavy atom. The Hall–Kier alpha value is -2.38. The average Bonchev–Trinajstić information content (AvgIpc) is 3.13. The number of esters is 1. The molecule has 1 aromatic heterocycles. The van der Waals surface area contributed by atoms with Crippen molar-refractivity contribution in [2.75, 3.05) is 39.5 Å². The smallest absolute Gasteiger partial charge is 0.374 e. The Balaban J connectivity index is 1.57. The summed E-state index contributed by atoms with van der Waals surface area (Å²) in [5.41, 5.74) is 1.56. The van der Waals surface area contributed by atoms with E-state index in [1.165, 1.54) is 0 Å². The fourth-order valence-corrected chi connectivity index (χ4v) is 3.87. The van der Waals surface area contributed by atoms with Gasteiger partial charge in [0.25, 0.3) is 0 Å². The zero-order valence-corrected chi connectivity index (χ0v) is 17.9. The van der Waals surface area contributed by atoms with Crippen LogP contribution in [0.5, 0.6) is 0 Å². The number of nitrogens with one attached hydrogen (secondary N) is 1. The summed E-state index contributed by atoms with van der Waals surface area (Å²) in [6.07, 6.45) is 2.45. The number of amides is 1. The highest BCUT2D eigenvalue weighted by Crippen LogP contribution is 2.29. The molecular formula is C23H32N2O5. The molecule has 1 fully saturated rings. The third kappa shape index (κ3) is 5.61. The molecule has 30 heavy (non-hydrogen) atoms. The summed E-state index contributed by atoms with van der Waals surface area (Å²) in [5.74, 6) is 0.0308. The van der Waals surface area contributed by atoms with Crippen LogP contribution in [0.2, 0.25) is 0 Å². The molecule has 1 N–H and O–H groups in total. The lowest BCUT2D eigenvalue weighted by Gasteiger charge is -2.31. The van der Waals surface area contributed by atoms with Crippen LogP contribution in [0.25, 0.3) is 11.0 Å². The maximum atomic E-state index is 12.4. The molecule has 0 aliphatic carbocycles. The number of hydrogen-bond acceptors (Lipinski definition) is 6. The molecule has 0 radical (unpaired) electrons. The van der Waals surface area contributed by atoms with Crippen LogP contribution in [0.4, 0.5) is 0 Å². The molecule has 1 saturated heterocycles. The molecule has 1 aromatic carbocycles. The summed E-state index contributed by atoms with van der Waals surface area (Å²) in [5, 5.41) is 3.96. The zero-order chi connectivity index (χ0) is 21.3. The minimum absolute atomic E-state index is 0.0407. The maximum Gasteiger partial charge on any atom is 0.374 e. The zero-order valence-electron chi connectivity index (χ0n) is 17.9. The van der Waals surface area contributed by atoms with Crippen molar-refractivity contribution >= 4 is 22.8 Å². The molecule has 0 atom stereocenters. The van der Waals surface area contributed by atoms with Gasteiger partial charge < -0.3 is 19.2 Å². The van der Waals surface area contributed by atoms with Crippen LogP contribution in [-0.2, 0) is 20.8 Å². The third-order valence-electron chi connectivity index (χ3n) is 5.47. The van der Waals surface area contributed by atoms with Crippen LogP contribution in [0, 0.1) is 5.92 Å². The van der Waals surface area contributed by atoms with Crippen LogP contribution >= 0.6 is 0 Å². The highest BCUT2D eigenvalue weighted by Gasteiger charge is 2.28. The van der Waals surface area contributed by atoms with E-state index in [0.29, 0.717) is 38.5 Å². The first-order chi connectivity index (χ1) is 14.6. The quantitative estimate of drug-likeness (QED) is 0.472. The van der Waals surface area contributed by atoms with Gasteiger partial charge in [-0.05, 0) is 52.3 Å². The van der Waals surface area contributed by atoms with E-state index >= 15 is 0 Å². The van der Waals surface area contributed by atoms with E-state index in [4.69, 9.17) is 13.9 Å². The Bertz CT molecular complexity index is 839. The van der Waals surface area contributed by atoms with Crippen molar-refractivity contribution in [3.05, 3.63) is 35.6 Å². The van der Waals surface area contributed by atoms with E-state index in [9.17, 15) is 9.59 Å². The number of piperidine rings is 1. The highest BCUT2D eigenvalue weighted by molar-refractivity contribution is 5.96. The number of carbonyl (C=O) groups excluding carboxylic acids is 2. The van der Waals surface area contributed by atoms with Crippen LogP contribution in [0.3, 0.4) is 0 Å². The number of rotatable bonds is 10. The fourth-order valence-electron chi connectivity index (χ4n) is 3.87. The first-order valence-electron chi connectivity index (χ1n) is 10.9. The number of benzene rings is 1. The molecule has 0 spiro atoms. The Kier molecular flexibility index (Phi) is 8.28. The number of hydrogen-bond donors (Lipinski definition) is 1. The van der Waals surface area contributed by atoms with Gasteiger partial charge in [-0.3, -0.25) is 9.69 Å². The molecule has 0 bridgehead atoms. The number of furan rings is 1. The van der Waals surface area contributed by atoms with E-state index in [1.807, 2.05) is 31.2 Å². The largest absolute Gasteiger partial charge is 0.460 e. The topological polar surface area (TPSA) is 81.0 Å². The first-order valence-corrected chi connectivity index (χ1v) is 10.9. The summed E-state index contributed by atoms with van der Waals surface area (Å²) in [4.78, 5) is 27.1. The predicted molar refractivity (Wildman–Crippen MR) is 114 cm³/mol. The van der Waals surface area contributed by atoms with Crippen molar-refractivity contribution in [3.8, 4) is 0 Å². The van der Waals surface area contributed by atoms with Crippen LogP contribution < -0.4 is 5.32 Å². The third-order valence-corrected chi connectivity index (χ3v) is 5.47. The van der Waals surface area contributed by atoms with Crippen molar-refractivity contribution in [2.24, 2.45) is 5.92 Å². The van der Waals surface area contributed by atoms with Crippen molar-refractivity contribution in [3.63, 3.8) is 0 Å². The van der Waals surface area contributed by atoms with Crippen LogP contribution in [0.15, 0.2) is 28.7 Å². The summed E-state index contributed by atoms with van der Waals surface area (Å²) in [6.45, 7) is 8.31. The van der Waals surface area contributed by atoms with Gasteiger partial charge in [-0.1, -0.05) is 18.2 Å². The van der Waals surface area contributed by atoms with Gasteiger partial charge in [0.15, 0.2) is 0 Å². The highest BCUT2D eigenvalue weighted by atomic mass is 16.5. The van der Waals surface area contributed by atoms with E-state index in [2.05, 4.69) is 10.2 Å². The van der Waals surface area contributed by atoms with Gasteiger partial charge in [-0.15, -0.1) is 0 Å². The van der Waals surface area contributed by atoms with Gasteiger partial charge in [0.2, 0.25) is 11.7 Å². The standard InChI is InChI=1S/C23H32N2O5/c1-3-28-15-7-12-24-22(26)17-10-13-25(14-11-17)16-19-18-8-5-6-9-20(18)30-21(19)23(27)29-4-2/h5-6,8-9,17H,3-4,7,10-16H2,1-2H3,(H,24,26). The van der Waals surface area contributed by atoms with Crippen LogP contribution in [0.1, 0.15) is 49.2 Å². The average molecular weight is 417 g/mol. The molecule has 3 rings (SSSR count). The summed E-state index contributed by atoms with van der Waals surface area (Å²) < 4.78 is 16.3. The number of likely N-dealkylation sites (tertiary alicyclic amines) is 1. The van der Waals surface area contributed by atoms with Crippen molar-refractivity contribution < 1.29 is 23.5 Å². The lowest BCUT2D eigenvalue weighted by atomic mass is 9.95. The number of fused-ring (bicyclic) bond motifs is 1. The second kappa shape index (κ2) is 11.1. The number of nitrogens with zero attached hydrogens (tertiary/aromatic N) is 1. The maximum absolute atomic E-state index is 12.4. The monoisotopic (exact) mass is 416 g/mol. The molecule has 7 heteroatoms. The normalized spacial score (nSPS) is 15.4. The second-order valence-corrected chi connectivity index (χ2v) is 7.52. The molecule has 7 nitrogen and oxygen atoms in total. The number of ether oxygens (including phenoxy) is 2. The SMILES string of the molecule is CCOCCCNC(=O)C1CCN(Cc2c(C(=O)OCC)oc3ccccc23)CC1. The van der Waals surface area contributed by atoms with Gasteiger partial charge in [0, 0.05) is 43.2 Å². The molecule has 0 unspecified atom stereocenters. The molecule has 0 saturated carbocycles. The van der Waals surface area contributed by atoms with E-state index in [1.54, 1.807) is 6.92 Å². The molecule has 2 aromatic rings. The minimum atomic E-state index is -0.426. The summed E-state index contributed by atoms with van der Waals surface area (Å²) in [7, 11) is 0. The predicted octanol–water partition coefficient (Wildman–Crippen LogP) is 3.36. The number of carbonyl (C=O) groups is 2. The van der Waals surface area contributed by atoms with Crippen molar-refractivity contribution in [2.45, 2.75) is 39.7 Å². The van der Waals surface area contributed by atoms with Gasteiger partial charge in [0.1, 0.15) is 5.58 Å². The van der Waals surface area contributed by atoms with E-state index < -0.39 is 5.97 Å². The van der Waals surface area contributed by atoms with E-state index in [-0.39, 0.29) is 17.6 Å². The minimum Gasteiger partial charge on any atom is -0.460 e. The lowest BCUT2D eigenvalue weighted by Crippen LogP contribution is -2.40. The van der Waals surface area contributed by atoms with Crippen molar-refractivity contribution in [1.82, 2.24) is 10.2 Å². The molecule has 1 amide bonds. The van der Waals surface area contributed by atoms with Crippen molar-refractivity contribution in [1.29, 1.82) is 0 Å². The Labute approximate surface area is 177 Å². The number of para-hydroxylation sites is 1. The van der Waals surface area contributed by atoms with Gasteiger partial charge in [0.05, 0.1) is 6.61 Å². The summed E-state index contributed by atoms with van der Waals surface area (Å²) >= 11 is 0. The van der Waals surface area contributed by atoms with E-state index in [0.717, 1.165) is 43.3 Å². The lowest BCUT2D eigenvalue weighted by molar-refractivity contribution is -0.126. The summed E-state index contributed by atoms with van der Waals surface area (Å²) in [6, 6.07) is 7.67. The van der Waals surface area contributed by atoms with Gasteiger partial charge in [-0.2, -0.15) is 0 Å².